The summed E-state index contributed by atoms with van der Waals surface area (Å²) in [6, 6.07) is 2.46. The molecule has 0 aromatic heterocycles. The Kier molecular flexibility index (Phi) is 6.97. The van der Waals surface area contributed by atoms with Crippen molar-refractivity contribution in [2.45, 2.75) is 26.2 Å². The molecule has 0 heterocycles. The van der Waals surface area contributed by atoms with Crippen molar-refractivity contribution in [2.75, 3.05) is 13.2 Å². The zero-order valence-corrected chi connectivity index (χ0v) is 12.3. The lowest BCUT2D eigenvalue weighted by Gasteiger charge is -2.09. The van der Waals surface area contributed by atoms with Crippen LogP contribution in [0.2, 0.25) is 0 Å². The Morgan fingerprint density at radius 1 is 1.14 bits per heavy atom. The van der Waals surface area contributed by atoms with Crippen LogP contribution in [0.15, 0.2) is 12.1 Å². The maximum Gasteiger partial charge on any atom is 0.262 e. The fourth-order valence-corrected chi connectivity index (χ4v) is 1.55. The molecule has 0 radical (unpaired) electrons. The summed E-state index contributed by atoms with van der Waals surface area (Å²) < 4.78 is 0. The van der Waals surface area contributed by atoms with Gasteiger partial charge in [-0.1, -0.05) is 19.4 Å². The average molecular weight is 312 g/mol. The third kappa shape index (κ3) is 5.49. The van der Waals surface area contributed by atoms with Gasteiger partial charge in [0.05, 0.1) is 19.6 Å². The highest BCUT2D eigenvalue weighted by atomic mass is 16.6. The molecule has 0 saturated heterocycles. The minimum Gasteiger partial charge on any atom is -0.504 e. The Morgan fingerprint density at radius 3 is 2.55 bits per heavy atom. The van der Waals surface area contributed by atoms with Crippen LogP contribution in [0.3, 0.4) is 0 Å². The number of aromatic hydroxyl groups is 3. The van der Waals surface area contributed by atoms with Crippen LogP contribution in [0.5, 0.6) is 17.2 Å². The smallest absolute Gasteiger partial charge is 0.262 e. The van der Waals surface area contributed by atoms with Crippen LogP contribution in [0.1, 0.15) is 25.3 Å². The number of phenolic OH excluding ortho intramolecular Hbond substituents is 3. The van der Waals surface area contributed by atoms with E-state index in [-0.39, 0.29) is 18.5 Å². The lowest BCUT2D eigenvalue weighted by molar-refractivity contribution is -0.134. The zero-order chi connectivity index (χ0) is 16.5. The van der Waals surface area contributed by atoms with Crippen molar-refractivity contribution in [3.8, 4) is 17.2 Å². The summed E-state index contributed by atoms with van der Waals surface area (Å²) in [7, 11) is 0. The van der Waals surface area contributed by atoms with Crippen LogP contribution in [-0.4, -0.2) is 40.3 Å². The lowest BCUT2D eigenvalue weighted by Crippen LogP contribution is -2.37. The number of phenols is 3. The third-order valence-electron chi connectivity index (χ3n) is 2.80. The summed E-state index contributed by atoms with van der Waals surface area (Å²) in [5.41, 5.74) is 2.32. The largest absolute Gasteiger partial charge is 0.504 e. The fourth-order valence-electron chi connectivity index (χ4n) is 1.55. The summed E-state index contributed by atoms with van der Waals surface area (Å²) in [5.74, 6) is -2.76. The van der Waals surface area contributed by atoms with Crippen molar-refractivity contribution >= 4 is 11.8 Å². The van der Waals surface area contributed by atoms with Crippen LogP contribution in [0.4, 0.5) is 0 Å². The van der Waals surface area contributed by atoms with Crippen molar-refractivity contribution in [3.05, 3.63) is 17.7 Å². The molecule has 8 heteroatoms. The van der Waals surface area contributed by atoms with Gasteiger partial charge < -0.3 is 20.6 Å². The number of hydrogen-bond donors (Lipinski definition) is 5. The highest BCUT2D eigenvalue weighted by molar-refractivity contribution is 5.85. The van der Waals surface area contributed by atoms with E-state index < -0.39 is 29.1 Å². The quantitative estimate of drug-likeness (QED) is 0.267. The maximum absolute atomic E-state index is 11.7. The van der Waals surface area contributed by atoms with E-state index in [2.05, 4.69) is 10.8 Å². The number of nitrogens with one attached hydrogen (secondary N) is 2. The monoisotopic (exact) mass is 312 g/mol. The lowest BCUT2D eigenvalue weighted by atomic mass is 10.1. The summed E-state index contributed by atoms with van der Waals surface area (Å²) >= 11 is 0. The molecule has 1 aromatic carbocycles. The second-order valence-corrected chi connectivity index (χ2v) is 4.62. The topological polar surface area (TPSA) is 128 Å². The molecule has 122 valence electrons. The number of unbranched alkanes of at least 4 members (excludes halogenated alkanes) is 1. The van der Waals surface area contributed by atoms with Gasteiger partial charge in [-0.3, -0.25) is 14.4 Å². The van der Waals surface area contributed by atoms with E-state index in [1.807, 2.05) is 6.92 Å². The molecule has 0 spiro atoms. The molecule has 5 N–H and O–H groups in total. The number of hydroxylamine groups is 1. The van der Waals surface area contributed by atoms with E-state index in [9.17, 15) is 24.9 Å². The summed E-state index contributed by atoms with van der Waals surface area (Å²) in [4.78, 5) is 27.9. The minimum absolute atomic E-state index is 0.132. The second-order valence-electron chi connectivity index (χ2n) is 4.62. The zero-order valence-electron chi connectivity index (χ0n) is 12.3. The first kappa shape index (κ1) is 17.6. The van der Waals surface area contributed by atoms with Crippen molar-refractivity contribution in [1.29, 1.82) is 0 Å². The Morgan fingerprint density at radius 2 is 1.86 bits per heavy atom. The van der Waals surface area contributed by atoms with Crippen molar-refractivity contribution in [2.24, 2.45) is 0 Å². The van der Waals surface area contributed by atoms with Crippen LogP contribution in [-0.2, 0) is 20.8 Å². The van der Waals surface area contributed by atoms with Crippen molar-refractivity contribution in [1.82, 2.24) is 10.8 Å². The molecule has 22 heavy (non-hydrogen) atoms. The van der Waals surface area contributed by atoms with Crippen LogP contribution < -0.4 is 10.8 Å². The van der Waals surface area contributed by atoms with Gasteiger partial charge >= 0.3 is 0 Å². The number of rotatable bonds is 8. The van der Waals surface area contributed by atoms with Gasteiger partial charge in [0.25, 0.3) is 5.91 Å². The van der Waals surface area contributed by atoms with Crippen molar-refractivity contribution < 1.29 is 29.7 Å². The van der Waals surface area contributed by atoms with Gasteiger partial charge in [0, 0.05) is 5.56 Å². The van der Waals surface area contributed by atoms with Gasteiger partial charge in [-0.15, -0.1) is 0 Å². The third-order valence-corrected chi connectivity index (χ3v) is 2.80. The van der Waals surface area contributed by atoms with E-state index in [4.69, 9.17) is 4.84 Å². The van der Waals surface area contributed by atoms with E-state index in [1.54, 1.807) is 0 Å². The van der Waals surface area contributed by atoms with E-state index in [0.29, 0.717) is 6.61 Å². The number of carbonyl (C=O) groups excluding carboxylic acids is 2. The highest BCUT2D eigenvalue weighted by Gasteiger charge is 2.14. The van der Waals surface area contributed by atoms with Crippen LogP contribution in [0, 0.1) is 0 Å². The van der Waals surface area contributed by atoms with Gasteiger partial charge in [0.1, 0.15) is 0 Å². The summed E-state index contributed by atoms with van der Waals surface area (Å²) in [6.07, 6.45) is 1.51. The summed E-state index contributed by atoms with van der Waals surface area (Å²) in [5, 5.41) is 30.5. The Bertz CT molecular complexity index is 532. The molecular weight excluding hydrogens is 292 g/mol. The predicted molar refractivity (Wildman–Crippen MR) is 77.2 cm³/mol. The SMILES string of the molecule is CCCCONC(=O)CNC(=O)Cc1ccc(O)c(O)c1O. The number of amides is 2. The predicted octanol–water partition coefficient (Wildman–Crippen LogP) is 0.310. The molecule has 2 amide bonds. The highest BCUT2D eigenvalue weighted by Crippen LogP contribution is 2.37. The van der Waals surface area contributed by atoms with Gasteiger partial charge in [-0.05, 0) is 12.5 Å². The van der Waals surface area contributed by atoms with Crippen LogP contribution >= 0.6 is 0 Å². The molecule has 0 aliphatic rings. The molecule has 1 rings (SSSR count). The first-order valence-corrected chi connectivity index (χ1v) is 6.85. The van der Waals surface area contributed by atoms with E-state index in [1.165, 1.54) is 6.07 Å². The van der Waals surface area contributed by atoms with Crippen molar-refractivity contribution in [3.63, 3.8) is 0 Å². The van der Waals surface area contributed by atoms with Gasteiger partial charge in [0.15, 0.2) is 11.5 Å². The van der Waals surface area contributed by atoms with Gasteiger partial charge in [-0.2, -0.15) is 0 Å². The Hall–Kier alpha value is -2.48. The first-order chi connectivity index (χ1) is 10.5. The van der Waals surface area contributed by atoms with E-state index >= 15 is 0 Å². The van der Waals surface area contributed by atoms with Crippen LogP contribution in [0.25, 0.3) is 0 Å². The molecule has 0 saturated carbocycles. The van der Waals surface area contributed by atoms with Gasteiger partial charge in [-0.25, -0.2) is 5.48 Å². The van der Waals surface area contributed by atoms with Gasteiger partial charge in [0.2, 0.25) is 11.7 Å². The molecule has 1 aromatic rings. The Labute approximate surface area is 127 Å². The average Bonchev–Trinajstić information content (AvgIpc) is 2.50. The number of benzene rings is 1. The standard InChI is InChI=1S/C14H20N2O6/c1-2-3-6-22-16-12(19)8-15-11(18)7-9-4-5-10(17)14(21)13(9)20/h4-5,17,20-21H,2-3,6-8H2,1H3,(H,15,18)(H,16,19). The number of hydrogen-bond acceptors (Lipinski definition) is 6. The minimum atomic E-state index is -0.688. The second kappa shape index (κ2) is 8.73. The normalized spacial score (nSPS) is 10.2. The first-order valence-electron chi connectivity index (χ1n) is 6.85. The van der Waals surface area contributed by atoms with E-state index in [0.717, 1.165) is 18.9 Å². The molecule has 0 fully saturated rings. The molecular formula is C14H20N2O6. The molecule has 8 nitrogen and oxygen atoms in total. The Balaban J connectivity index is 2.38. The molecule has 0 bridgehead atoms. The molecule has 0 unspecified atom stereocenters. The maximum atomic E-state index is 11.7. The molecule has 0 aliphatic heterocycles. The molecule has 0 atom stereocenters. The summed E-state index contributed by atoms with van der Waals surface area (Å²) in [6.45, 7) is 2.12. The number of carbonyl (C=O) groups is 2. The molecule has 0 aliphatic carbocycles. The fraction of sp³-hybridized carbons (Fsp3) is 0.429.